The summed E-state index contributed by atoms with van der Waals surface area (Å²) >= 11 is 0. The Bertz CT molecular complexity index is 876. The number of carbonyl (C=O) groups excluding carboxylic acids is 3. The van der Waals surface area contributed by atoms with Crippen molar-refractivity contribution < 1.29 is 14.4 Å². The molecule has 7 nitrogen and oxygen atoms in total. The van der Waals surface area contributed by atoms with Crippen molar-refractivity contribution in [2.75, 3.05) is 29.5 Å². The zero-order chi connectivity index (χ0) is 22.1. The summed E-state index contributed by atoms with van der Waals surface area (Å²) < 4.78 is 0. The highest BCUT2D eigenvalue weighted by atomic mass is 16.2. The molecule has 160 valence electrons. The number of anilines is 3. The number of hydrogen-bond acceptors (Lipinski definition) is 4. The van der Waals surface area contributed by atoms with Crippen LogP contribution in [0, 0.1) is 5.92 Å². The van der Waals surface area contributed by atoms with Crippen molar-refractivity contribution in [1.82, 2.24) is 4.90 Å². The summed E-state index contributed by atoms with van der Waals surface area (Å²) in [6, 6.07) is 13.5. The Labute approximate surface area is 177 Å². The SMILES string of the molecule is CC(C)C.Nc1ccccc1NC(=O)c1ccc(NC(=O)CN2CCCC2=O)cc1. The van der Waals surface area contributed by atoms with Crippen LogP contribution in [0.1, 0.15) is 44.0 Å². The highest BCUT2D eigenvalue weighted by molar-refractivity contribution is 6.06. The Morgan fingerprint density at radius 3 is 2.23 bits per heavy atom. The number of rotatable bonds is 5. The summed E-state index contributed by atoms with van der Waals surface area (Å²) in [5.41, 5.74) is 7.86. The lowest BCUT2D eigenvalue weighted by Crippen LogP contribution is -2.33. The molecule has 2 aromatic rings. The smallest absolute Gasteiger partial charge is 0.255 e. The van der Waals surface area contributed by atoms with Crippen molar-refractivity contribution in [3.63, 3.8) is 0 Å². The molecule has 0 aliphatic carbocycles. The normalized spacial score (nSPS) is 12.9. The van der Waals surface area contributed by atoms with Crippen LogP contribution in [0.25, 0.3) is 0 Å². The maximum Gasteiger partial charge on any atom is 0.255 e. The number of para-hydroxylation sites is 2. The van der Waals surface area contributed by atoms with Gasteiger partial charge in [0.25, 0.3) is 5.91 Å². The van der Waals surface area contributed by atoms with Crippen molar-refractivity contribution in [2.45, 2.75) is 33.6 Å². The molecule has 1 fully saturated rings. The minimum Gasteiger partial charge on any atom is -0.397 e. The van der Waals surface area contributed by atoms with Gasteiger partial charge in [0.2, 0.25) is 11.8 Å². The van der Waals surface area contributed by atoms with Crippen LogP contribution in [0.4, 0.5) is 17.1 Å². The van der Waals surface area contributed by atoms with E-state index in [-0.39, 0.29) is 24.3 Å². The molecule has 3 rings (SSSR count). The highest BCUT2D eigenvalue weighted by Gasteiger charge is 2.22. The monoisotopic (exact) mass is 410 g/mol. The van der Waals surface area contributed by atoms with E-state index in [2.05, 4.69) is 31.4 Å². The molecule has 0 spiro atoms. The molecule has 1 saturated heterocycles. The quantitative estimate of drug-likeness (QED) is 0.653. The maximum atomic E-state index is 12.3. The summed E-state index contributed by atoms with van der Waals surface area (Å²) in [5, 5.41) is 5.47. The first kappa shape index (κ1) is 22.9. The van der Waals surface area contributed by atoms with E-state index in [4.69, 9.17) is 5.73 Å². The van der Waals surface area contributed by atoms with Crippen LogP contribution in [0.15, 0.2) is 48.5 Å². The van der Waals surface area contributed by atoms with Crippen LogP contribution in [-0.4, -0.2) is 35.7 Å². The standard InChI is InChI=1S/C19H20N4O3.C4H10/c20-15-4-1-2-5-16(15)22-19(26)13-7-9-14(10-8-13)21-17(24)12-23-11-3-6-18(23)25;1-4(2)3/h1-2,4-5,7-10H,3,6,11-12,20H2,(H,21,24)(H,22,26);4H,1-3H3. The average Bonchev–Trinajstić information content (AvgIpc) is 3.08. The average molecular weight is 411 g/mol. The van der Waals surface area contributed by atoms with Crippen LogP contribution in [0.3, 0.4) is 0 Å². The Hall–Kier alpha value is -3.35. The van der Waals surface area contributed by atoms with Gasteiger partial charge in [-0.3, -0.25) is 14.4 Å². The van der Waals surface area contributed by atoms with Crippen molar-refractivity contribution in [2.24, 2.45) is 5.92 Å². The number of nitrogens with two attached hydrogens (primary N) is 1. The van der Waals surface area contributed by atoms with Crippen molar-refractivity contribution in [3.8, 4) is 0 Å². The largest absolute Gasteiger partial charge is 0.397 e. The zero-order valence-electron chi connectivity index (χ0n) is 17.8. The molecule has 30 heavy (non-hydrogen) atoms. The molecular formula is C23H30N4O3. The van der Waals surface area contributed by atoms with Gasteiger partial charge < -0.3 is 21.3 Å². The van der Waals surface area contributed by atoms with E-state index in [0.717, 1.165) is 12.3 Å². The molecule has 7 heteroatoms. The Balaban J connectivity index is 0.000000735. The van der Waals surface area contributed by atoms with E-state index in [9.17, 15) is 14.4 Å². The Morgan fingerprint density at radius 2 is 1.67 bits per heavy atom. The summed E-state index contributed by atoms with van der Waals surface area (Å²) in [7, 11) is 0. The van der Waals surface area contributed by atoms with Gasteiger partial charge in [-0.2, -0.15) is 0 Å². The summed E-state index contributed by atoms with van der Waals surface area (Å²) in [5.74, 6) is 0.297. The number of benzene rings is 2. The molecule has 0 saturated carbocycles. The van der Waals surface area contributed by atoms with Gasteiger partial charge in [-0.25, -0.2) is 0 Å². The molecular weight excluding hydrogens is 380 g/mol. The van der Waals surface area contributed by atoms with E-state index in [1.165, 1.54) is 0 Å². The van der Waals surface area contributed by atoms with E-state index in [1.54, 1.807) is 53.4 Å². The number of hydrogen-bond donors (Lipinski definition) is 3. The first-order valence-corrected chi connectivity index (χ1v) is 10.1. The molecule has 0 radical (unpaired) electrons. The fraction of sp³-hybridized carbons (Fsp3) is 0.348. The fourth-order valence-corrected chi connectivity index (χ4v) is 2.76. The molecule has 3 amide bonds. The van der Waals surface area contributed by atoms with Crippen LogP contribution < -0.4 is 16.4 Å². The summed E-state index contributed by atoms with van der Waals surface area (Å²) in [4.78, 5) is 37.4. The highest BCUT2D eigenvalue weighted by Crippen LogP contribution is 2.18. The lowest BCUT2D eigenvalue weighted by atomic mass is 10.2. The van der Waals surface area contributed by atoms with E-state index in [0.29, 0.717) is 35.6 Å². The molecule has 0 bridgehead atoms. The number of nitrogens with one attached hydrogen (secondary N) is 2. The second-order valence-electron chi connectivity index (χ2n) is 7.82. The number of nitrogens with zero attached hydrogens (tertiary/aromatic N) is 1. The predicted octanol–water partition coefficient (Wildman–Crippen LogP) is 3.74. The van der Waals surface area contributed by atoms with E-state index >= 15 is 0 Å². The number of amides is 3. The van der Waals surface area contributed by atoms with Gasteiger partial charge in [0, 0.05) is 24.2 Å². The van der Waals surface area contributed by atoms with Crippen LogP contribution in [0.2, 0.25) is 0 Å². The third kappa shape index (κ3) is 7.24. The molecule has 1 aliphatic rings. The van der Waals surface area contributed by atoms with E-state index in [1.807, 2.05) is 0 Å². The van der Waals surface area contributed by atoms with Gasteiger partial charge >= 0.3 is 0 Å². The minimum atomic E-state index is -0.288. The van der Waals surface area contributed by atoms with Crippen LogP contribution in [-0.2, 0) is 9.59 Å². The topological polar surface area (TPSA) is 105 Å². The van der Waals surface area contributed by atoms with Gasteiger partial charge in [-0.15, -0.1) is 0 Å². The third-order valence-corrected chi connectivity index (χ3v) is 4.15. The second-order valence-corrected chi connectivity index (χ2v) is 7.82. The van der Waals surface area contributed by atoms with Crippen molar-refractivity contribution in [1.29, 1.82) is 0 Å². The Kier molecular flexibility index (Phi) is 8.41. The minimum absolute atomic E-state index is 0.00681. The first-order valence-electron chi connectivity index (χ1n) is 10.1. The second kappa shape index (κ2) is 11.0. The molecule has 4 N–H and O–H groups in total. The van der Waals surface area contributed by atoms with Crippen molar-refractivity contribution in [3.05, 3.63) is 54.1 Å². The summed E-state index contributed by atoms with van der Waals surface area (Å²) in [6.45, 7) is 7.17. The number of likely N-dealkylation sites (tertiary alicyclic amines) is 1. The number of carbonyl (C=O) groups is 3. The Morgan fingerprint density at radius 1 is 1.03 bits per heavy atom. The molecule has 1 aliphatic heterocycles. The van der Waals surface area contributed by atoms with E-state index < -0.39 is 0 Å². The molecule has 1 heterocycles. The third-order valence-electron chi connectivity index (χ3n) is 4.15. The lowest BCUT2D eigenvalue weighted by Gasteiger charge is -2.15. The molecule has 0 atom stereocenters. The van der Waals surface area contributed by atoms with Crippen molar-refractivity contribution >= 4 is 34.8 Å². The fourth-order valence-electron chi connectivity index (χ4n) is 2.76. The molecule has 0 unspecified atom stereocenters. The molecule has 2 aromatic carbocycles. The molecule has 0 aromatic heterocycles. The van der Waals surface area contributed by atoms with Gasteiger partial charge in [-0.05, 0) is 48.7 Å². The summed E-state index contributed by atoms with van der Waals surface area (Å²) in [6.07, 6.45) is 1.30. The van der Waals surface area contributed by atoms with Crippen LogP contribution in [0.5, 0.6) is 0 Å². The van der Waals surface area contributed by atoms with Gasteiger partial charge in [-0.1, -0.05) is 32.9 Å². The van der Waals surface area contributed by atoms with Gasteiger partial charge in [0.05, 0.1) is 17.9 Å². The number of nitrogen functional groups attached to an aromatic ring is 1. The van der Waals surface area contributed by atoms with Gasteiger partial charge in [0.15, 0.2) is 0 Å². The van der Waals surface area contributed by atoms with Crippen LogP contribution >= 0.6 is 0 Å². The van der Waals surface area contributed by atoms with Gasteiger partial charge in [0.1, 0.15) is 0 Å². The predicted molar refractivity (Wildman–Crippen MR) is 120 cm³/mol. The zero-order valence-corrected chi connectivity index (χ0v) is 17.8. The lowest BCUT2D eigenvalue weighted by molar-refractivity contribution is -0.131. The maximum absolute atomic E-state index is 12.3. The first-order chi connectivity index (χ1) is 14.3.